The highest BCUT2D eigenvalue weighted by Crippen LogP contribution is 2.27. The Labute approximate surface area is 163 Å². The lowest BCUT2D eigenvalue weighted by Gasteiger charge is -2.04. The zero-order valence-electron chi connectivity index (χ0n) is 12.9. The fourth-order valence-corrected chi connectivity index (χ4v) is 4.36. The third kappa shape index (κ3) is 3.28. The Morgan fingerprint density at radius 2 is 1.58 bits per heavy atom. The molecular weight excluding hydrogens is 415 g/mol. The molecule has 0 saturated heterocycles. The van der Waals surface area contributed by atoms with Gasteiger partial charge in [-0.3, -0.25) is 0 Å². The highest BCUT2D eigenvalue weighted by atomic mass is 35.5. The second-order valence-corrected chi connectivity index (χ2v) is 8.71. The average Bonchev–Trinajstić information content (AvgIpc) is 3.15. The van der Waals surface area contributed by atoms with Gasteiger partial charge in [-0.1, -0.05) is 35.3 Å². The van der Waals surface area contributed by atoms with Crippen molar-refractivity contribution in [1.82, 2.24) is 14.6 Å². The van der Waals surface area contributed by atoms with Gasteiger partial charge in [-0.2, -0.15) is 4.98 Å². The molecule has 0 aliphatic carbocycles. The first-order chi connectivity index (χ1) is 12.4. The summed E-state index contributed by atoms with van der Waals surface area (Å²) in [5.74, 6) is 0.00186. The molecule has 0 fully saturated rings. The van der Waals surface area contributed by atoms with E-state index in [1.165, 1.54) is 35.6 Å². The van der Waals surface area contributed by atoms with Gasteiger partial charge in [-0.05, 0) is 36.4 Å². The summed E-state index contributed by atoms with van der Waals surface area (Å²) in [6, 6.07) is 13.1. The molecule has 0 radical (unpaired) electrons. The molecule has 132 valence electrons. The van der Waals surface area contributed by atoms with Crippen LogP contribution in [0.25, 0.3) is 16.2 Å². The molecule has 1 N–H and O–H groups in total. The van der Waals surface area contributed by atoms with E-state index in [0.717, 1.165) is 11.3 Å². The van der Waals surface area contributed by atoms with Crippen LogP contribution in [0, 0.1) is 0 Å². The Balaban J connectivity index is 1.68. The van der Waals surface area contributed by atoms with Crippen molar-refractivity contribution in [3.8, 4) is 11.3 Å². The van der Waals surface area contributed by atoms with Crippen LogP contribution in [0.4, 0.5) is 5.95 Å². The van der Waals surface area contributed by atoms with Gasteiger partial charge in [0, 0.05) is 21.0 Å². The number of anilines is 1. The number of benzene rings is 2. The van der Waals surface area contributed by atoms with Gasteiger partial charge >= 0.3 is 0 Å². The van der Waals surface area contributed by atoms with E-state index in [1.807, 2.05) is 17.5 Å². The van der Waals surface area contributed by atoms with Crippen molar-refractivity contribution < 1.29 is 8.42 Å². The van der Waals surface area contributed by atoms with Gasteiger partial charge in [0.15, 0.2) is 0 Å². The van der Waals surface area contributed by atoms with Crippen molar-refractivity contribution in [2.75, 3.05) is 4.72 Å². The standard InChI is InChI=1S/C16H10Cl2N4O2S2/c17-11-3-1-10(2-4-11)14-9-25-16-19-15(20-22(14)16)21-26(23,24)13-7-5-12(18)6-8-13/h1-9H,(H,20,21). The largest absolute Gasteiger partial charge is 0.264 e. The summed E-state index contributed by atoms with van der Waals surface area (Å²) in [7, 11) is -3.80. The van der Waals surface area contributed by atoms with Gasteiger partial charge in [0.05, 0.1) is 10.6 Å². The van der Waals surface area contributed by atoms with E-state index in [2.05, 4.69) is 14.8 Å². The normalized spacial score (nSPS) is 11.8. The van der Waals surface area contributed by atoms with E-state index in [9.17, 15) is 8.42 Å². The minimum absolute atomic E-state index is 0.00186. The maximum Gasteiger partial charge on any atom is 0.264 e. The topological polar surface area (TPSA) is 76.4 Å². The van der Waals surface area contributed by atoms with Gasteiger partial charge in [0.25, 0.3) is 16.0 Å². The fourth-order valence-electron chi connectivity index (χ4n) is 2.34. The Morgan fingerprint density at radius 1 is 0.962 bits per heavy atom. The van der Waals surface area contributed by atoms with Crippen LogP contribution in [0.3, 0.4) is 0 Å². The molecule has 0 aliphatic rings. The van der Waals surface area contributed by atoms with Crippen LogP contribution in [0.2, 0.25) is 10.0 Å². The summed E-state index contributed by atoms with van der Waals surface area (Å²) >= 11 is 13.1. The van der Waals surface area contributed by atoms with Crippen molar-refractivity contribution >= 4 is 55.5 Å². The molecule has 0 atom stereocenters. The van der Waals surface area contributed by atoms with Crippen molar-refractivity contribution in [3.05, 3.63) is 64.0 Å². The van der Waals surface area contributed by atoms with Gasteiger partial charge in [0.2, 0.25) is 4.96 Å². The monoisotopic (exact) mass is 424 g/mol. The Kier molecular flexibility index (Phi) is 4.36. The number of hydrogen-bond acceptors (Lipinski definition) is 5. The lowest BCUT2D eigenvalue weighted by Crippen LogP contribution is -2.14. The molecule has 0 spiro atoms. The minimum atomic E-state index is -3.80. The first-order valence-corrected chi connectivity index (χ1v) is 10.4. The van der Waals surface area contributed by atoms with Crippen LogP contribution in [-0.4, -0.2) is 23.0 Å². The molecule has 0 bridgehead atoms. The van der Waals surface area contributed by atoms with E-state index >= 15 is 0 Å². The summed E-state index contributed by atoms with van der Waals surface area (Å²) in [5.41, 5.74) is 1.70. The van der Waals surface area contributed by atoms with Crippen LogP contribution >= 0.6 is 34.5 Å². The third-order valence-electron chi connectivity index (χ3n) is 3.57. The molecule has 0 amide bonds. The Morgan fingerprint density at radius 3 is 2.23 bits per heavy atom. The third-order valence-corrected chi connectivity index (χ3v) is 6.24. The highest BCUT2D eigenvalue weighted by Gasteiger charge is 2.18. The predicted octanol–water partition coefficient (Wildman–Crippen LogP) is 4.57. The maximum atomic E-state index is 12.4. The van der Waals surface area contributed by atoms with Crippen LogP contribution in [0.5, 0.6) is 0 Å². The Hall–Kier alpha value is -2.13. The first kappa shape index (κ1) is 17.3. The number of halogens is 2. The van der Waals surface area contributed by atoms with Gasteiger partial charge in [0.1, 0.15) is 0 Å². The van der Waals surface area contributed by atoms with Crippen LogP contribution in [0.1, 0.15) is 0 Å². The van der Waals surface area contributed by atoms with Crippen LogP contribution < -0.4 is 4.72 Å². The molecule has 6 nitrogen and oxygen atoms in total. The summed E-state index contributed by atoms with van der Waals surface area (Å²) in [4.78, 5) is 4.89. The molecular formula is C16H10Cl2N4O2S2. The molecule has 0 aliphatic heterocycles. The van der Waals surface area contributed by atoms with Gasteiger partial charge in [-0.15, -0.1) is 16.4 Å². The summed E-state index contributed by atoms with van der Waals surface area (Å²) < 4.78 is 28.9. The van der Waals surface area contributed by atoms with E-state index in [4.69, 9.17) is 23.2 Å². The molecule has 2 aromatic heterocycles. The van der Waals surface area contributed by atoms with Crippen LogP contribution in [-0.2, 0) is 10.0 Å². The molecule has 0 saturated carbocycles. The highest BCUT2D eigenvalue weighted by molar-refractivity contribution is 7.92. The van der Waals surface area contributed by atoms with E-state index in [0.29, 0.717) is 15.0 Å². The zero-order chi connectivity index (χ0) is 18.3. The lowest BCUT2D eigenvalue weighted by molar-refractivity contribution is 0.601. The van der Waals surface area contributed by atoms with Gasteiger partial charge < -0.3 is 0 Å². The summed E-state index contributed by atoms with van der Waals surface area (Å²) in [5, 5.41) is 7.26. The number of thiazole rings is 1. The fraction of sp³-hybridized carbons (Fsp3) is 0. The molecule has 26 heavy (non-hydrogen) atoms. The smallest absolute Gasteiger partial charge is 0.246 e. The molecule has 4 rings (SSSR count). The quantitative estimate of drug-likeness (QED) is 0.520. The Bertz CT molecular complexity index is 1180. The van der Waals surface area contributed by atoms with Crippen molar-refractivity contribution in [2.24, 2.45) is 0 Å². The van der Waals surface area contributed by atoms with Crippen molar-refractivity contribution in [3.63, 3.8) is 0 Å². The van der Waals surface area contributed by atoms with E-state index in [1.54, 1.807) is 16.6 Å². The first-order valence-electron chi connectivity index (χ1n) is 7.31. The summed E-state index contributed by atoms with van der Waals surface area (Å²) in [6.07, 6.45) is 0. The second-order valence-electron chi connectivity index (χ2n) is 5.32. The van der Waals surface area contributed by atoms with Crippen molar-refractivity contribution in [1.29, 1.82) is 0 Å². The number of sulfonamides is 1. The molecule has 4 aromatic rings. The molecule has 2 aromatic carbocycles. The molecule has 0 unspecified atom stereocenters. The number of rotatable bonds is 4. The zero-order valence-corrected chi connectivity index (χ0v) is 16.1. The lowest BCUT2D eigenvalue weighted by atomic mass is 10.2. The molecule has 10 heteroatoms. The van der Waals surface area contributed by atoms with Crippen molar-refractivity contribution in [2.45, 2.75) is 4.90 Å². The summed E-state index contributed by atoms with van der Waals surface area (Å²) in [6.45, 7) is 0. The number of hydrogen-bond donors (Lipinski definition) is 1. The van der Waals surface area contributed by atoms with Crippen LogP contribution in [0.15, 0.2) is 58.8 Å². The maximum absolute atomic E-state index is 12.4. The minimum Gasteiger partial charge on any atom is -0.246 e. The van der Waals surface area contributed by atoms with E-state index < -0.39 is 10.0 Å². The van der Waals surface area contributed by atoms with E-state index in [-0.39, 0.29) is 10.8 Å². The second kappa shape index (κ2) is 6.55. The number of nitrogens with zero attached hydrogens (tertiary/aromatic N) is 3. The number of nitrogens with one attached hydrogen (secondary N) is 1. The SMILES string of the molecule is O=S(=O)(Nc1nc2scc(-c3ccc(Cl)cc3)n2n1)c1ccc(Cl)cc1. The average molecular weight is 425 g/mol. The number of aromatic nitrogens is 3. The predicted molar refractivity (Wildman–Crippen MR) is 104 cm³/mol. The number of fused-ring (bicyclic) bond motifs is 1. The molecule has 2 heterocycles. The van der Waals surface area contributed by atoms with Gasteiger partial charge in [-0.25, -0.2) is 17.7 Å².